The molecule has 2 rings (SSSR count). The van der Waals surface area contributed by atoms with Gasteiger partial charge in [-0.3, -0.25) is 4.79 Å². The third-order valence-electron chi connectivity index (χ3n) is 3.51. The fraction of sp³-hybridized carbons (Fsp3) is 0.211. The number of aromatic hydroxyl groups is 2. The van der Waals surface area contributed by atoms with Gasteiger partial charge in [0.1, 0.15) is 17.1 Å². The molecule has 0 aliphatic rings. The highest BCUT2D eigenvalue weighted by Gasteiger charge is 2.23. The Hall–Kier alpha value is -3.55. The smallest absolute Gasteiger partial charge is 0.342 e. The van der Waals surface area contributed by atoms with Crippen molar-refractivity contribution in [3.8, 4) is 11.5 Å². The summed E-state index contributed by atoms with van der Waals surface area (Å²) < 4.78 is 9.73. The molecule has 27 heavy (non-hydrogen) atoms. The topological polar surface area (TPSA) is 122 Å². The number of ether oxygens (including phenoxy) is 2. The average molecular weight is 373 g/mol. The van der Waals surface area contributed by atoms with Gasteiger partial charge in [0.2, 0.25) is 0 Å². The van der Waals surface area contributed by atoms with Crippen LogP contribution in [0.2, 0.25) is 0 Å². The van der Waals surface area contributed by atoms with Crippen molar-refractivity contribution in [1.82, 2.24) is 0 Å². The molecule has 2 aromatic rings. The molecule has 0 aliphatic heterocycles. The van der Waals surface area contributed by atoms with Crippen molar-refractivity contribution in [3.05, 3.63) is 53.1 Å². The molecule has 0 atom stereocenters. The fourth-order valence-electron chi connectivity index (χ4n) is 2.33. The van der Waals surface area contributed by atoms with Gasteiger partial charge in [-0.05, 0) is 38.1 Å². The van der Waals surface area contributed by atoms with Crippen molar-refractivity contribution in [1.29, 1.82) is 0 Å². The molecular formula is C19H19NO7. The van der Waals surface area contributed by atoms with Gasteiger partial charge in [0.05, 0.1) is 30.0 Å². The molecule has 3 N–H and O–H groups in total. The van der Waals surface area contributed by atoms with E-state index in [9.17, 15) is 24.6 Å². The number of carbonyl (C=O) groups is 3. The second-order valence-electron chi connectivity index (χ2n) is 5.33. The van der Waals surface area contributed by atoms with Crippen LogP contribution in [-0.2, 0) is 9.47 Å². The molecule has 0 saturated carbocycles. The van der Waals surface area contributed by atoms with Gasteiger partial charge < -0.3 is 25.0 Å². The zero-order chi connectivity index (χ0) is 20.0. The molecule has 0 bridgehead atoms. The molecule has 0 saturated heterocycles. The van der Waals surface area contributed by atoms with Crippen LogP contribution in [0.4, 0.5) is 5.69 Å². The summed E-state index contributed by atoms with van der Waals surface area (Å²) in [4.78, 5) is 36.4. The maximum absolute atomic E-state index is 12.6. The van der Waals surface area contributed by atoms with E-state index in [0.717, 1.165) is 12.1 Å². The largest absolute Gasteiger partial charge is 0.508 e. The zero-order valence-corrected chi connectivity index (χ0v) is 14.8. The van der Waals surface area contributed by atoms with Crippen LogP contribution in [0.5, 0.6) is 11.5 Å². The van der Waals surface area contributed by atoms with E-state index < -0.39 is 29.3 Å². The minimum atomic E-state index is -0.883. The molecule has 0 aromatic heterocycles. The number of hydrogen-bond donors (Lipinski definition) is 3. The number of amides is 1. The van der Waals surface area contributed by atoms with E-state index in [-0.39, 0.29) is 35.6 Å². The first-order chi connectivity index (χ1) is 12.9. The maximum atomic E-state index is 12.6. The molecule has 142 valence electrons. The Morgan fingerprint density at radius 1 is 0.889 bits per heavy atom. The summed E-state index contributed by atoms with van der Waals surface area (Å²) in [6.07, 6.45) is 0. The van der Waals surface area contributed by atoms with E-state index in [4.69, 9.17) is 9.47 Å². The number of phenols is 2. The van der Waals surface area contributed by atoms with Gasteiger partial charge in [0.15, 0.2) is 0 Å². The van der Waals surface area contributed by atoms with Gasteiger partial charge in [0.25, 0.3) is 5.91 Å². The Labute approximate surface area is 155 Å². The minimum absolute atomic E-state index is 0.0579. The summed E-state index contributed by atoms with van der Waals surface area (Å²) in [6.45, 7) is 3.46. The molecule has 0 spiro atoms. The van der Waals surface area contributed by atoms with Crippen LogP contribution < -0.4 is 5.32 Å². The number of phenolic OH excluding ortho intramolecular Hbond substituents is 2. The van der Waals surface area contributed by atoms with Crippen molar-refractivity contribution in [2.75, 3.05) is 18.5 Å². The summed E-state index contributed by atoms with van der Waals surface area (Å²) in [5.41, 5.74) is -0.420. The quantitative estimate of drug-likeness (QED) is 0.525. The molecule has 1 amide bonds. The van der Waals surface area contributed by atoms with Crippen LogP contribution in [-0.4, -0.2) is 41.3 Å². The van der Waals surface area contributed by atoms with Gasteiger partial charge >= 0.3 is 11.9 Å². The van der Waals surface area contributed by atoms with Crippen molar-refractivity contribution >= 4 is 23.5 Å². The zero-order valence-electron chi connectivity index (χ0n) is 14.8. The van der Waals surface area contributed by atoms with Gasteiger partial charge in [-0.15, -0.1) is 0 Å². The normalized spacial score (nSPS) is 10.1. The van der Waals surface area contributed by atoms with Crippen molar-refractivity contribution in [2.24, 2.45) is 0 Å². The second-order valence-corrected chi connectivity index (χ2v) is 5.33. The Morgan fingerprint density at radius 2 is 1.44 bits per heavy atom. The molecule has 8 nitrogen and oxygen atoms in total. The number of hydrogen-bond acceptors (Lipinski definition) is 7. The summed E-state index contributed by atoms with van der Waals surface area (Å²) in [6, 6.07) is 8.16. The van der Waals surface area contributed by atoms with Gasteiger partial charge in [0, 0.05) is 0 Å². The molecule has 0 aliphatic carbocycles. The third kappa shape index (κ3) is 4.55. The van der Waals surface area contributed by atoms with Crippen LogP contribution in [0, 0.1) is 0 Å². The maximum Gasteiger partial charge on any atom is 0.342 e. The predicted molar refractivity (Wildman–Crippen MR) is 96.1 cm³/mol. The first kappa shape index (κ1) is 19.8. The number of carbonyl (C=O) groups excluding carboxylic acids is 3. The average Bonchev–Trinajstić information content (AvgIpc) is 2.64. The number of esters is 2. The number of anilines is 1. The van der Waals surface area contributed by atoms with E-state index >= 15 is 0 Å². The van der Waals surface area contributed by atoms with E-state index in [0.29, 0.717) is 0 Å². The molecule has 0 fully saturated rings. The number of rotatable bonds is 6. The lowest BCUT2D eigenvalue weighted by atomic mass is 10.1. The lowest BCUT2D eigenvalue weighted by Gasteiger charge is -2.13. The molecule has 0 unspecified atom stereocenters. The van der Waals surface area contributed by atoms with Crippen molar-refractivity contribution < 1.29 is 34.1 Å². The highest BCUT2D eigenvalue weighted by atomic mass is 16.5. The first-order valence-corrected chi connectivity index (χ1v) is 8.19. The van der Waals surface area contributed by atoms with Crippen LogP contribution in [0.1, 0.15) is 44.9 Å². The first-order valence-electron chi connectivity index (χ1n) is 8.19. The molecule has 0 heterocycles. The van der Waals surface area contributed by atoms with Crippen molar-refractivity contribution in [3.63, 3.8) is 0 Å². The number of benzene rings is 2. The van der Waals surface area contributed by atoms with Gasteiger partial charge in [-0.2, -0.15) is 0 Å². The fourth-order valence-corrected chi connectivity index (χ4v) is 2.33. The lowest BCUT2D eigenvalue weighted by molar-refractivity contribution is 0.0515. The molecule has 0 radical (unpaired) electrons. The number of para-hydroxylation sites is 1. The summed E-state index contributed by atoms with van der Waals surface area (Å²) in [5, 5.41) is 22.5. The summed E-state index contributed by atoms with van der Waals surface area (Å²) >= 11 is 0. The third-order valence-corrected chi connectivity index (χ3v) is 3.51. The van der Waals surface area contributed by atoms with E-state index in [2.05, 4.69) is 5.32 Å². The van der Waals surface area contributed by atoms with E-state index in [1.54, 1.807) is 26.0 Å². The monoisotopic (exact) mass is 373 g/mol. The molecule has 2 aromatic carbocycles. The highest BCUT2D eigenvalue weighted by molar-refractivity contribution is 6.11. The lowest BCUT2D eigenvalue weighted by Crippen LogP contribution is -2.17. The Morgan fingerprint density at radius 3 is 2.07 bits per heavy atom. The van der Waals surface area contributed by atoms with Gasteiger partial charge in [-0.25, -0.2) is 9.59 Å². The second kappa shape index (κ2) is 8.70. The summed E-state index contributed by atoms with van der Waals surface area (Å²) in [5.74, 6) is -3.38. The molecular weight excluding hydrogens is 354 g/mol. The Bertz CT molecular complexity index is 876. The predicted octanol–water partition coefficient (Wildman–Crippen LogP) is 2.70. The number of nitrogens with one attached hydrogen (secondary N) is 1. The SMILES string of the molecule is CCOC(=O)c1ccccc1NC(=O)c1cc(O)cc(C(=O)OCC)c1O. The summed E-state index contributed by atoms with van der Waals surface area (Å²) in [7, 11) is 0. The Balaban J connectivity index is 2.37. The van der Waals surface area contributed by atoms with Crippen LogP contribution in [0.3, 0.4) is 0 Å². The minimum Gasteiger partial charge on any atom is -0.508 e. The van der Waals surface area contributed by atoms with E-state index in [1.165, 1.54) is 12.1 Å². The van der Waals surface area contributed by atoms with Crippen molar-refractivity contribution in [2.45, 2.75) is 13.8 Å². The standard InChI is InChI=1S/C19H19NO7/c1-3-26-18(24)12-7-5-6-8-15(12)20-17(23)13-9-11(21)10-14(16(13)22)19(25)27-4-2/h5-10,21-22H,3-4H2,1-2H3,(H,20,23). The van der Waals surface area contributed by atoms with Gasteiger partial charge in [-0.1, -0.05) is 12.1 Å². The van der Waals surface area contributed by atoms with Crippen LogP contribution in [0.25, 0.3) is 0 Å². The highest BCUT2D eigenvalue weighted by Crippen LogP contribution is 2.29. The molecule has 8 heteroatoms. The van der Waals surface area contributed by atoms with E-state index in [1.807, 2.05) is 0 Å². The van der Waals surface area contributed by atoms with Crippen LogP contribution >= 0.6 is 0 Å². The van der Waals surface area contributed by atoms with Crippen LogP contribution in [0.15, 0.2) is 36.4 Å². The Kier molecular flexibility index (Phi) is 6.37.